The average molecular weight is 191 g/mol. The second-order valence-electron chi connectivity index (χ2n) is 3.75. The number of nitrogens with one attached hydrogen (secondary N) is 1. The largest absolute Gasteiger partial charge is 0.396 e. The summed E-state index contributed by atoms with van der Waals surface area (Å²) in [4.78, 5) is 15.5. The van der Waals surface area contributed by atoms with Crippen molar-refractivity contribution in [3.05, 3.63) is 18.3 Å². The Bertz CT molecular complexity index is 364. The summed E-state index contributed by atoms with van der Waals surface area (Å²) in [6.45, 7) is 2.06. The summed E-state index contributed by atoms with van der Waals surface area (Å²) in [6, 6.07) is 3.46. The molecule has 1 aromatic heterocycles. The molecule has 1 aromatic rings. The van der Waals surface area contributed by atoms with E-state index in [9.17, 15) is 4.79 Å². The minimum atomic E-state index is 0.0305. The number of hydrogen-bond donors (Lipinski definition) is 2. The van der Waals surface area contributed by atoms with Gasteiger partial charge in [0.15, 0.2) is 5.82 Å². The Kier molecular flexibility index (Phi) is 2.11. The molecule has 2 atom stereocenters. The third-order valence-electron chi connectivity index (χ3n) is 2.53. The van der Waals surface area contributed by atoms with E-state index in [1.54, 1.807) is 18.3 Å². The van der Waals surface area contributed by atoms with Crippen molar-refractivity contribution < 1.29 is 4.79 Å². The smallest absolute Gasteiger partial charge is 0.228 e. The van der Waals surface area contributed by atoms with Crippen molar-refractivity contribution >= 4 is 17.4 Å². The van der Waals surface area contributed by atoms with Crippen LogP contribution in [0.4, 0.5) is 11.5 Å². The molecule has 1 amide bonds. The molecule has 3 N–H and O–H groups in total. The minimum absolute atomic E-state index is 0.0305. The number of hydrogen-bond acceptors (Lipinski definition) is 3. The molecule has 1 fully saturated rings. The fourth-order valence-electron chi connectivity index (χ4n) is 1.42. The van der Waals surface area contributed by atoms with E-state index in [-0.39, 0.29) is 11.8 Å². The Hall–Kier alpha value is -1.58. The van der Waals surface area contributed by atoms with Gasteiger partial charge in [-0.2, -0.15) is 0 Å². The maximum Gasteiger partial charge on any atom is 0.228 e. The van der Waals surface area contributed by atoms with Gasteiger partial charge in [-0.1, -0.05) is 6.92 Å². The number of nitrogens with two attached hydrogens (primary N) is 1. The van der Waals surface area contributed by atoms with Crippen LogP contribution in [0.5, 0.6) is 0 Å². The highest BCUT2D eigenvalue weighted by atomic mass is 16.2. The number of rotatable bonds is 2. The van der Waals surface area contributed by atoms with Crippen molar-refractivity contribution in [3.8, 4) is 0 Å². The van der Waals surface area contributed by atoms with Crippen LogP contribution in [-0.4, -0.2) is 10.9 Å². The lowest BCUT2D eigenvalue weighted by Crippen LogP contribution is -2.16. The first kappa shape index (κ1) is 8.99. The molecule has 0 bridgehead atoms. The topological polar surface area (TPSA) is 68.0 Å². The zero-order chi connectivity index (χ0) is 10.1. The molecule has 0 saturated heterocycles. The maximum atomic E-state index is 11.5. The first-order valence-corrected chi connectivity index (χ1v) is 4.70. The quantitative estimate of drug-likeness (QED) is 0.739. The van der Waals surface area contributed by atoms with Gasteiger partial charge in [0.1, 0.15) is 0 Å². The Labute approximate surface area is 82.5 Å². The Morgan fingerprint density at radius 3 is 3.00 bits per heavy atom. The Morgan fingerprint density at radius 1 is 1.71 bits per heavy atom. The van der Waals surface area contributed by atoms with Crippen molar-refractivity contribution in [2.24, 2.45) is 11.8 Å². The monoisotopic (exact) mass is 191 g/mol. The standard InChI is InChI=1S/C10H13N3O/c1-6-5-7(6)10(14)13-9-8(11)3-2-4-12-9/h2-4,6-7H,5,11H2,1H3,(H,12,13,14). The number of nitrogen functional groups attached to an aromatic ring is 1. The van der Waals surface area contributed by atoms with Gasteiger partial charge in [-0.3, -0.25) is 4.79 Å². The lowest BCUT2D eigenvalue weighted by molar-refractivity contribution is -0.117. The first-order chi connectivity index (χ1) is 6.68. The second-order valence-corrected chi connectivity index (χ2v) is 3.75. The predicted octanol–water partition coefficient (Wildman–Crippen LogP) is 1.26. The number of carbonyl (C=O) groups excluding carboxylic acids is 1. The molecule has 2 rings (SSSR count). The third kappa shape index (κ3) is 1.69. The summed E-state index contributed by atoms with van der Waals surface area (Å²) in [6.07, 6.45) is 2.58. The molecule has 0 aromatic carbocycles. The van der Waals surface area contributed by atoms with Crippen molar-refractivity contribution in [3.63, 3.8) is 0 Å². The van der Waals surface area contributed by atoms with Crippen LogP contribution in [0.1, 0.15) is 13.3 Å². The summed E-state index contributed by atoms with van der Waals surface area (Å²) in [5.74, 6) is 1.15. The summed E-state index contributed by atoms with van der Waals surface area (Å²) >= 11 is 0. The van der Waals surface area contributed by atoms with Gasteiger partial charge in [0.05, 0.1) is 5.69 Å². The third-order valence-corrected chi connectivity index (χ3v) is 2.53. The lowest BCUT2D eigenvalue weighted by atomic mass is 10.3. The van der Waals surface area contributed by atoms with Gasteiger partial charge in [-0.25, -0.2) is 4.98 Å². The van der Waals surface area contributed by atoms with E-state index in [4.69, 9.17) is 5.73 Å². The van der Waals surface area contributed by atoms with E-state index >= 15 is 0 Å². The van der Waals surface area contributed by atoms with Gasteiger partial charge in [0, 0.05) is 12.1 Å². The predicted molar refractivity (Wildman–Crippen MR) is 54.6 cm³/mol. The molecular weight excluding hydrogens is 178 g/mol. The van der Waals surface area contributed by atoms with Gasteiger partial charge in [0.25, 0.3) is 0 Å². The highest BCUT2D eigenvalue weighted by Gasteiger charge is 2.39. The van der Waals surface area contributed by atoms with Crippen LogP contribution in [0.2, 0.25) is 0 Å². The van der Waals surface area contributed by atoms with Crippen LogP contribution >= 0.6 is 0 Å². The van der Waals surface area contributed by atoms with E-state index in [1.807, 2.05) is 0 Å². The Balaban J connectivity index is 2.04. The SMILES string of the molecule is CC1CC1C(=O)Nc1ncccc1N. The van der Waals surface area contributed by atoms with E-state index < -0.39 is 0 Å². The van der Waals surface area contributed by atoms with Crippen LogP contribution in [0.15, 0.2) is 18.3 Å². The minimum Gasteiger partial charge on any atom is -0.396 e. The van der Waals surface area contributed by atoms with E-state index in [0.717, 1.165) is 6.42 Å². The molecule has 0 aliphatic heterocycles. The van der Waals surface area contributed by atoms with Gasteiger partial charge in [0.2, 0.25) is 5.91 Å². The van der Waals surface area contributed by atoms with Crippen molar-refractivity contribution in [1.82, 2.24) is 4.98 Å². The molecule has 74 valence electrons. The molecule has 1 aliphatic rings. The van der Waals surface area contributed by atoms with Crippen LogP contribution in [-0.2, 0) is 4.79 Å². The number of amides is 1. The lowest BCUT2D eigenvalue weighted by Gasteiger charge is -2.05. The molecule has 2 unspecified atom stereocenters. The van der Waals surface area contributed by atoms with Gasteiger partial charge in [-0.05, 0) is 24.5 Å². The molecule has 1 saturated carbocycles. The number of anilines is 2. The molecule has 1 heterocycles. The average Bonchev–Trinajstić information content (AvgIpc) is 2.87. The van der Waals surface area contributed by atoms with Crippen LogP contribution in [0.3, 0.4) is 0 Å². The summed E-state index contributed by atoms with van der Waals surface area (Å²) < 4.78 is 0. The molecule has 4 heteroatoms. The van der Waals surface area contributed by atoms with E-state index in [1.165, 1.54) is 0 Å². The molecule has 0 spiro atoms. The zero-order valence-corrected chi connectivity index (χ0v) is 8.03. The highest BCUT2D eigenvalue weighted by molar-refractivity contribution is 5.95. The zero-order valence-electron chi connectivity index (χ0n) is 8.03. The Morgan fingerprint density at radius 2 is 2.43 bits per heavy atom. The summed E-state index contributed by atoms with van der Waals surface area (Å²) in [7, 11) is 0. The molecular formula is C10H13N3O. The second kappa shape index (κ2) is 3.29. The van der Waals surface area contributed by atoms with Crippen molar-refractivity contribution in [2.45, 2.75) is 13.3 Å². The number of pyridine rings is 1. The normalized spacial score (nSPS) is 24.4. The summed E-state index contributed by atoms with van der Waals surface area (Å²) in [5, 5.41) is 2.73. The van der Waals surface area contributed by atoms with Crippen molar-refractivity contribution in [1.29, 1.82) is 0 Å². The number of carbonyl (C=O) groups is 1. The van der Waals surface area contributed by atoms with Gasteiger partial charge in [-0.15, -0.1) is 0 Å². The van der Waals surface area contributed by atoms with Gasteiger partial charge >= 0.3 is 0 Å². The van der Waals surface area contributed by atoms with Crippen molar-refractivity contribution in [2.75, 3.05) is 11.1 Å². The molecule has 14 heavy (non-hydrogen) atoms. The van der Waals surface area contributed by atoms with Crippen LogP contribution in [0.25, 0.3) is 0 Å². The fraction of sp³-hybridized carbons (Fsp3) is 0.400. The summed E-state index contributed by atoms with van der Waals surface area (Å²) in [5.41, 5.74) is 6.16. The van der Waals surface area contributed by atoms with Crippen LogP contribution < -0.4 is 11.1 Å². The molecule has 1 aliphatic carbocycles. The van der Waals surface area contributed by atoms with Gasteiger partial charge < -0.3 is 11.1 Å². The van der Waals surface area contributed by atoms with E-state index in [2.05, 4.69) is 17.2 Å². The highest BCUT2D eigenvalue weighted by Crippen LogP contribution is 2.38. The fourth-order valence-corrected chi connectivity index (χ4v) is 1.42. The van der Waals surface area contributed by atoms with E-state index in [0.29, 0.717) is 17.4 Å². The molecule has 0 radical (unpaired) electrons. The first-order valence-electron chi connectivity index (χ1n) is 4.70. The van der Waals surface area contributed by atoms with Crippen LogP contribution in [0, 0.1) is 11.8 Å². The number of nitrogens with zero attached hydrogens (tertiary/aromatic N) is 1. The number of aromatic nitrogens is 1. The maximum absolute atomic E-state index is 11.5. The molecule has 4 nitrogen and oxygen atoms in total.